The van der Waals surface area contributed by atoms with Crippen LogP contribution in [0.15, 0.2) is 47.4 Å². The van der Waals surface area contributed by atoms with E-state index in [1.165, 1.54) is 6.07 Å². The van der Waals surface area contributed by atoms with E-state index in [2.05, 4.69) is 4.72 Å². The van der Waals surface area contributed by atoms with Gasteiger partial charge in [-0.05, 0) is 80.6 Å². The van der Waals surface area contributed by atoms with Gasteiger partial charge in [0.2, 0.25) is 5.91 Å². The van der Waals surface area contributed by atoms with Gasteiger partial charge in [-0.25, -0.2) is 8.42 Å². The number of carbonyl (C=O) groups is 2. The maximum Gasteiger partial charge on any atom is 0.261 e. The Morgan fingerprint density at radius 3 is 2.26 bits per heavy atom. The summed E-state index contributed by atoms with van der Waals surface area (Å²) in [5.41, 5.74) is 2.44. The Hall–Kier alpha value is -2.87. The zero-order valence-corrected chi connectivity index (χ0v) is 18.5. The summed E-state index contributed by atoms with van der Waals surface area (Å²) in [6.45, 7) is 4.00. The molecule has 2 amide bonds. The fraction of sp³-hybridized carbons (Fsp3) is 0.391. The molecule has 4 rings (SSSR count). The average Bonchev–Trinajstić information content (AvgIpc) is 3.19. The Morgan fingerprint density at radius 1 is 0.935 bits per heavy atom. The highest BCUT2D eigenvalue weighted by Gasteiger charge is 2.24. The molecule has 7 nitrogen and oxygen atoms in total. The summed E-state index contributed by atoms with van der Waals surface area (Å²) in [5, 5.41) is 0. The van der Waals surface area contributed by atoms with E-state index < -0.39 is 10.0 Å². The average molecular weight is 442 g/mol. The first kappa shape index (κ1) is 21.4. The summed E-state index contributed by atoms with van der Waals surface area (Å²) in [5.74, 6) is 0.0489. The number of amides is 2. The van der Waals surface area contributed by atoms with E-state index in [1.54, 1.807) is 48.2 Å². The molecular weight excluding hydrogens is 414 g/mol. The largest absolute Gasteiger partial charge is 0.339 e. The molecule has 2 saturated heterocycles. The fourth-order valence-corrected chi connectivity index (χ4v) is 5.32. The lowest BCUT2D eigenvalue weighted by Crippen LogP contribution is -2.35. The minimum absolute atomic E-state index is 0.0169. The smallest absolute Gasteiger partial charge is 0.261 e. The summed E-state index contributed by atoms with van der Waals surface area (Å²) >= 11 is 0. The van der Waals surface area contributed by atoms with Gasteiger partial charge in [-0.3, -0.25) is 14.3 Å². The van der Waals surface area contributed by atoms with Crippen molar-refractivity contribution in [2.24, 2.45) is 0 Å². The van der Waals surface area contributed by atoms with Gasteiger partial charge in [-0.1, -0.05) is 0 Å². The van der Waals surface area contributed by atoms with Crippen molar-refractivity contribution < 1.29 is 18.0 Å². The number of likely N-dealkylation sites (tertiary alicyclic amines) is 1. The summed E-state index contributed by atoms with van der Waals surface area (Å²) in [7, 11) is -3.79. The number of rotatable bonds is 5. The van der Waals surface area contributed by atoms with Gasteiger partial charge in [-0.2, -0.15) is 0 Å². The van der Waals surface area contributed by atoms with Crippen molar-refractivity contribution in [2.45, 2.75) is 43.9 Å². The van der Waals surface area contributed by atoms with Crippen LogP contribution < -0.4 is 9.62 Å². The molecule has 0 aliphatic carbocycles. The number of carbonyl (C=O) groups excluding carboxylic acids is 2. The van der Waals surface area contributed by atoms with Gasteiger partial charge in [0, 0.05) is 43.0 Å². The van der Waals surface area contributed by atoms with Crippen LogP contribution in [0.1, 0.15) is 48.0 Å². The predicted molar refractivity (Wildman–Crippen MR) is 120 cm³/mol. The van der Waals surface area contributed by atoms with Crippen molar-refractivity contribution in [3.05, 3.63) is 53.6 Å². The molecule has 0 radical (unpaired) electrons. The van der Waals surface area contributed by atoms with Crippen LogP contribution in [-0.4, -0.2) is 44.8 Å². The molecule has 2 aromatic rings. The number of hydrogen-bond donors (Lipinski definition) is 1. The second-order valence-electron chi connectivity index (χ2n) is 8.13. The lowest BCUT2D eigenvalue weighted by atomic mass is 10.1. The molecule has 0 unspecified atom stereocenters. The summed E-state index contributed by atoms with van der Waals surface area (Å²) in [6.07, 6.45) is 4.54. The Morgan fingerprint density at radius 2 is 1.65 bits per heavy atom. The van der Waals surface area contributed by atoms with Crippen LogP contribution in [-0.2, 0) is 14.8 Å². The van der Waals surface area contributed by atoms with Gasteiger partial charge in [-0.15, -0.1) is 0 Å². The van der Waals surface area contributed by atoms with E-state index in [0.717, 1.165) is 50.0 Å². The molecule has 1 N–H and O–H groups in total. The monoisotopic (exact) mass is 441 g/mol. The Kier molecular flexibility index (Phi) is 6.00. The molecule has 164 valence electrons. The number of sulfonamides is 1. The molecule has 2 aromatic carbocycles. The number of nitrogens with zero attached hydrogens (tertiary/aromatic N) is 2. The normalized spacial score (nSPS) is 17.1. The van der Waals surface area contributed by atoms with Crippen molar-refractivity contribution in [1.82, 2.24) is 4.90 Å². The third-order valence-corrected chi connectivity index (χ3v) is 7.25. The van der Waals surface area contributed by atoms with Crippen molar-refractivity contribution in [3.8, 4) is 0 Å². The highest BCUT2D eigenvalue weighted by Crippen LogP contribution is 2.28. The first-order valence-corrected chi connectivity index (χ1v) is 12.2. The highest BCUT2D eigenvalue weighted by molar-refractivity contribution is 7.92. The molecule has 0 spiro atoms. The molecule has 0 bridgehead atoms. The van der Waals surface area contributed by atoms with Crippen molar-refractivity contribution in [2.75, 3.05) is 29.3 Å². The van der Waals surface area contributed by atoms with E-state index in [1.807, 2.05) is 4.90 Å². The van der Waals surface area contributed by atoms with Crippen LogP contribution in [0, 0.1) is 6.92 Å². The van der Waals surface area contributed by atoms with Gasteiger partial charge < -0.3 is 9.80 Å². The van der Waals surface area contributed by atoms with Gasteiger partial charge in [0.15, 0.2) is 0 Å². The van der Waals surface area contributed by atoms with Crippen LogP contribution in [0.2, 0.25) is 0 Å². The number of anilines is 2. The quantitative estimate of drug-likeness (QED) is 0.769. The van der Waals surface area contributed by atoms with Crippen LogP contribution in [0.4, 0.5) is 11.4 Å². The maximum atomic E-state index is 12.9. The number of hydrogen-bond acceptors (Lipinski definition) is 4. The Labute approximate surface area is 183 Å². The van der Waals surface area contributed by atoms with Crippen molar-refractivity contribution in [1.29, 1.82) is 0 Å². The number of piperidine rings is 1. The molecule has 2 heterocycles. The number of benzene rings is 2. The second kappa shape index (κ2) is 8.70. The number of nitrogens with one attached hydrogen (secondary N) is 1. The van der Waals surface area contributed by atoms with E-state index in [9.17, 15) is 18.0 Å². The van der Waals surface area contributed by atoms with Crippen molar-refractivity contribution in [3.63, 3.8) is 0 Å². The molecule has 2 aliphatic heterocycles. The minimum atomic E-state index is -3.79. The van der Waals surface area contributed by atoms with Crippen LogP contribution in [0.5, 0.6) is 0 Å². The first-order valence-electron chi connectivity index (χ1n) is 10.7. The van der Waals surface area contributed by atoms with E-state index in [0.29, 0.717) is 24.2 Å². The Bertz CT molecular complexity index is 1090. The first-order chi connectivity index (χ1) is 14.8. The van der Waals surface area contributed by atoms with Crippen LogP contribution in [0.25, 0.3) is 0 Å². The fourth-order valence-electron chi connectivity index (χ4n) is 4.18. The summed E-state index contributed by atoms with van der Waals surface area (Å²) in [6, 6.07) is 11.3. The Balaban J connectivity index is 1.47. The predicted octanol–water partition coefficient (Wildman–Crippen LogP) is 3.55. The van der Waals surface area contributed by atoms with E-state index in [4.69, 9.17) is 0 Å². The molecule has 0 saturated carbocycles. The topological polar surface area (TPSA) is 86.8 Å². The van der Waals surface area contributed by atoms with Gasteiger partial charge in [0.05, 0.1) is 4.90 Å². The third kappa shape index (κ3) is 4.58. The minimum Gasteiger partial charge on any atom is -0.339 e. The summed E-state index contributed by atoms with van der Waals surface area (Å²) in [4.78, 5) is 28.3. The van der Waals surface area contributed by atoms with Crippen LogP contribution >= 0.6 is 0 Å². The number of aryl methyl sites for hydroxylation is 1. The van der Waals surface area contributed by atoms with Crippen LogP contribution in [0.3, 0.4) is 0 Å². The molecule has 0 atom stereocenters. The van der Waals surface area contributed by atoms with E-state index in [-0.39, 0.29) is 16.7 Å². The molecule has 2 fully saturated rings. The van der Waals surface area contributed by atoms with Crippen molar-refractivity contribution >= 4 is 33.2 Å². The second-order valence-corrected chi connectivity index (χ2v) is 9.82. The lowest BCUT2D eigenvalue weighted by Gasteiger charge is -2.26. The molecule has 31 heavy (non-hydrogen) atoms. The lowest BCUT2D eigenvalue weighted by molar-refractivity contribution is -0.117. The zero-order valence-electron chi connectivity index (χ0n) is 17.6. The van der Waals surface area contributed by atoms with E-state index >= 15 is 0 Å². The van der Waals surface area contributed by atoms with Gasteiger partial charge >= 0.3 is 0 Å². The molecule has 8 heteroatoms. The molecular formula is C23H27N3O4S. The molecule has 2 aliphatic rings. The zero-order chi connectivity index (χ0) is 22.0. The third-order valence-electron chi connectivity index (χ3n) is 5.87. The SMILES string of the molecule is Cc1cc(S(=O)(=O)Nc2ccc(C(=O)N3CCCCC3)cc2)ccc1N1CCCC1=O. The maximum absolute atomic E-state index is 12.9. The van der Waals surface area contributed by atoms with Gasteiger partial charge in [0.25, 0.3) is 15.9 Å². The van der Waals surface area contributed by atoms with Gasteiger partial charge in [0.1, 0.15) is 0 Å². The standard InChI is InChI=1S/C23H27N3O4S/c1-17-16-20(11-12-21(17)26-15-5-6-22(26)27)31(29,30)24-19-9-7-18(8-10-19)23(28)25-13-3-2-4-14-25/h7-12,16,24H,2-6,13-15H2,1H3. The highest BCUT2D eigenvalue weighted by atomic mass is 32.2. The summed E-state index contributed by atoms with van der Waals surface area (Å²) < 4.78 is 28.3. The molecule has 0 aromatic heterocycles.